The Kier molecular flexibility index (Phi) is 2.16. The third-order valence-corrected chi connectivity index (χ3v) is 3.58. The number of rotatable bonds is 1. The van der Waals surface area contributed by atoms with Gasteiger partial charge in [0.15, 0.2) is 0 Å². The van der Waals surface area contributed by atoms with E-state index in [-0.39, 0.29) is 0 Å². The molecule has 2 aliphatic rings. The lowest BCUT2D eigenvalue weighted by atomic mass is 9.77. The zero-order valence-corrected chi connectivity index (χ0v) is 8.39. The molecule has 3 unspecified atom stereocenters. The molecule has 0 amide bonds. The molecule has 0 radical (unpaired) electrons. The minimum atomic E-state index is -6.31. The van der Waals surface area contributed by atoms with Crippen molar-refractivity contribution < 1.29 is 48.7 Å². The SMILES string of the molecule is O=C(F)C1(F)C(F)(F)C2(F)CC(F)(F)C1(F)C2(F)F. The Morgan fingerprint density at radius 3 is 1.47 bits per heavy atom. The van der Waals surface area contributed by atoms with Crippen molar-refractivity contribution in [3.05, 3.63) is 0 Å². The molecule has 2 bridgehead atoms. The van der Waals surface area contributed by atoms with Crippen molar-refractivity contribution >= 4 is 6.04 Å². The number of hydrogen-bond donors (Lipinski definition) is 0. The minimum absolute atomic E-state index is 3.07. The highest BCUT2D eigenvalue weighted by Gasteiger charge is 3.09. The number of hydrogen-bond acceptors (Lipinski definition) is 1. The van der Waals surface area contributed by atoms with Crippen molar-refractivity contribution in [3.8, 4) is 0 Å². The van der Waals surface area contributed by atoms with E-state index >= 15 is 0 Å². The minimum Gasteiger partial charge on any atom is -0.257 e. The molecule has 1 nitrogen and oxygen atoms in total. The molecule has 0 spiro atoms. The number of alkyl halides is 9. The Balaban J connectivity index is 2.92. The van der Waals surface area contributed by atoms with Crippen molar-refractivity contribution in [3.63, 3.8) is 0 Å². The van der Waals surface area contributed by atoms with Crippen molar-refractivity contribution in [2.24, 2.45) is 0 Å². The molecule has 0 aromatic rings. The second-order valence-electron chi connectivity index (χ2n) is 4.42. The lowest BCUT2D eigenvalue weighted by Crippen LogP contribution is -2.70. The van der Waals surface area contributed by atoms with Gasteiger partial charge in [0.25, 0.3) is 11.6 Å². The van der Waals surface area contributed by atoms with Gasteiger partial charge in [-0.15, -0.1) is 0 Å². The van der Waals surface area contributed by atoms with E-state index in [0.29, 0.717) is 0 Å². The van der Waals surface area contributed by atoms with Crippen LogP contribution in [0.3, 0.4) is 0 Å². The molecule has 2 saturated carbocycles. The zero-order valence-electron chi connectivity index (χ0n) is 8.39. The van der Waals surface area contributed by atoms with Crippen LogP contribution >= 0.6 is 0 Å². The molecular weight excluding hydrogens is 302 g/mol. The van der Waals surface area contributed by atoms with Crippen LogP contribution in [0.1, 0.15) is 6.42 Å². The molecule has 2 fully saturated rings. The lowest BCUT2D eigenvalue weighted by Gasteiger charge is -2.40. The van der Waals surface area contributed by atoms with E-state index in [1.807, 2.05) is 0 Å². The summed E-state index contributed by atoms with van der Waals surface area (Å²) in [7, 11) is 0. The monoisotopic (exact) mass is 304 g/mol. The van der Waals surface area contributed by atoms with E-state index in [0.717, 1.165) is 0 Å². The van der Waals surface area contributed by atoms with Crippen molar-refractivity contribution in [1.29, 1.82) is 0 Å². The summed E-state index contributed by atoms with van der Waals surface area (Å²) in [4.78, 5) is 10.1. The fraction of sp³-hybridized carbons (Fsp3) is 0.875. The van der Waals surface area contributed by atoms with Gasteiger partial charge in [0.2, 0.25) is 5.67 Å². The Labute approximate surface area is 97.1 Å². The van der Waals surface area contributed by atoms with E-state index in [1.54, 1.807) is 0 Å². The summed E-state index contributed by atoms with van der Waals surface area (Å²) >= 11 is 0. The van der Waals surface area contributed by atoms with Crippen LogP contribution in [0.15, 0.2) is 0 Å². The second kappa shape index (κ2) is 2.85. The maximum Gasteiger partial charge on any atom is 0.348 e. The first kappa shape index (κ1) is 14.4. The largest absolute Gasteiger partial charge is 0.348 e. The molecule has 2 rings (SSSR count). The van der Waals surface area contributed by atoms with Crippen LogP contribution in [0.4, 0.5) is 43.9 Å². The normalized spacial score (nSPS) is 49.4. The quantitative estimate of drug-likeness (QED) is 0.538. The van der Waals surface area contributed by atoms with Gasteiger partial charge in [0, 0.05) is 0 Å². The summed E-state index contributed by atoms with van der Waals surface area (Å²) in [5, 5.41) is 0. The van der Waals surface area contributed by atoms with Crippen LogP contribution in [0.2, 0.25) is 0 Å². The zero-order chi connectivity index (χ0) is 15.3. The molecule has 0 N–H and O–H groups in total. The first-order valence-electron chi connectivity index (χ1n) is 4.55. The van der Waals surface area contributed by atoms with Crippen molar-refractivity contribution in [2.45, 2.75) is 41.2 Å². The standard InChI is InChI=1S/C8H2F10O/c9-2(19)5(13)6(14)4(11,12)1-3(10,7(5,15)16)8(6,17)18/h1H2. The van der Waals surface area contributed by atoms with E-state index < -0.39 is 47.2 Å². The number of carbonyl (C=O) groups excluding carboxylic acids is 1. The van der Waals surface area contributed by atoms with E-state index in [4.69, 9.17) is 0 Å². The van der Waals surface area contributed by atoms with Crippen LogP contribution < -0.4 is 0 Å². The molecular formula is C8H2F10O. The summed E-state index contributed by atoms with van der Waals surface area (Å²) in [5.74, 6) is -18.3. The molecule has 0 aromatic heterocycles. The highest BCUT2D eigenvalue weighted by Crippen LogP contribution is 2.78. The Morgan fingerprint density at radius 1 is 0.789 bits per heavy atom. The molecule has 0 aliphatic heterocycles. The molecule has 11 heteroatoms. The lowest BCUT2D eigenvalue weighted by molar-refractivity contribution is -0.283. The number of halogens is 10. The van der Waals surface area contributed by atoms with Gasteiger partial charge in [-0.2, -0.15) is 22.0 Å². The van der Waals surface area contributed by atoms with Crippen LogP contribution in [0, 0.1) is 0 Å². The first-order valence-corrected chi connectivity index (χ1v) is 4.55. The molecule has 2 aliphatic carbocycles. The van der Waals surface area contributed by atoms with Crippen molar-refractivity contribution in [2.75, 3.05) is 0 Å². The predicted octanol–water partition coefficient (Wildman–Crippen LogP) is 2.93. The van der Waals surface area contributed by atoms with E-state index in [1.165, 1.54) is 0 Å². The Bertz CT molecular complexity index is 474. The fourth-order valence-corrected chi connectivity index (χ4v) is 2.57. The van der Waals surface area contributed by atoms with Crippen LogP contribution in [-0.4, -0.2) is 40.8 Å². The molecule has 0 aromatic carbocycles. The van der Waals surface area contributed by atoms with Gasteiger partial charge in [0.05, 0.1) is 6.42 Å². The molecule has 19 heavy (non-hydrogen) atoms. The van der Waals surface area contributed by atoms with Gasteiger partial charge >= 0.3 is 23.6 Å². The van der Waals surface area contributed by atoms with Crippen LogP contribution in [-0.2, 0) is 4.79 Å². The highest BCUT2D eigenvalue weighted by molar-refractivity contribution is 5.85. The third kappa shape index (κ3) is 0.901. The Hall–Kier alpha value is -1.03. The predicted molar refractivity (Wildman–Crippen MR) is 37.1 cm³/mol. The summed E-state index contributed by atoms with van der Waals surface area (Å²) < 4.78 is 131. The summed E-state index contributed by atoms with van der Waals surface area (Å²) in [6.07, 6.45) is -3.07. The van der Waals surface area contributed by atoms with Gasteiger partial charge in [0.1, 0.15) is 0 Å². The van der Waals surface area contributed by atoms with Gasteiger partial charge in [-0.1, -0.05) is 0 Å². The van der Waals surface area contributed by atoms with Crippen molar-refractivity contribution in [1.82, 2.24) is 0 Å². The average molecular weight is 304 g/mol. The summed E-state index contributed by atoms with van der Waals surface area (Å²) in [5.41, 5.74) is -18.3. The maximum absolute atomic E-state index is 13.6. The van der Waals surface area contributed by atoms with E-state index in [9.17, 15) is 48.7 Å². The summed E-state index contributed by atoms with van der Waals surface area (Å²) in [6, 6.07) is -4.13. The smallest absolute Gasteiger partial charge is 0.257 e. The Morgan fingerprint density at radius 2 is 1.21 bits per heavy atom. The molecule has 110 valence electrons. The highest BCUT2D eigenvalue weighted by atomic mass is 19.3. The summed E-state index contributed by atoms with van der Waals surface area (Å²) in [6.45, 7) is 0. The van der Waals surface area contributed by atoms with Gasteiger partial charge in [-0.05, 0) is 0 Å². The van der Waals surface area contributed by atoms with Crippen LogP contribution in [0.5, 0.6) is 0 Å². The topological polar surface area (TPSA) is 17.1 Å². The number of carbonyl (C=O) groups is 1. The second-order valence-corrected chi connectivity index (χ2v) is 4.42. The van der Waals surface area contributed by atoms with Gasteiger partial charge in [-0.25, -0.2) is 22.0 Å². The first-order chi connectivity index (χ1) is 8.15. The maximum atomic E-state index is 13.6. The number of fused-ring (bicyclic) bond motifs is 2. The molecule has 0 saturated heterocycles. The third-order valence-electron chi connectivity index (χ3n) is 3.58. The van der Waals surface area contributed by atoms with E-state index in [2.05, 4.69) is 0 Å². The van der Waals surface area contributed by atoms with Gasteiger partial charge < -0.3 is 0 Å². The van der Waals surface area contributed by atoms with Gasteiger partial charge in [-0.3, -0.25) is 4.79 Å². The van der Waals surface area contributed by atoms with Crippen LogP contribution in [0.25, 0.3) is 0 Å². The molecule has 3 atom stereocenters. The fourth-order valence-electron chi connectivity index (χ4n) is 2.57. The molecule has 0 heterocycles. The average Bonchev–Trinajstić information content (AvgIpc) is 2.36.